The van der Waals surface area contributed by atoms with Gasteiger partial charge in [0.05, 0.1) is 5.75 Å². The van der Waals surface area contributed by atoms with E-state index in [-0.39, 0.29) is 18.3 Å². The van der Waals surface area contributed by atoms with Gasteiger partial charge in [-0.2, -0.15) is 4.98 Å². The lowest BCUT2D eigenvalue weighted by Crippen LogP contribution is -2.55. The van der Waals surface area contributed by atoms with E-state index in [0.717, 1.165) is 16.5 Å². The molecule has 1 fully saturated rings. The van der Waals surface area contributed by atoms with Gasteiger partial charge in [0, 0.05) is 29.7 Å². The minimum atomic E-state index is -3.52. The monoisotopic (exact) mass is 486 g/mol. The molecule has 1 aliphatic heterocycles. The summed E-state index contributed by atoms with van der Waals surface area (Å²) in [4.78, 5) is 6.16. The molecule has 2 heterocycles. The smallest absolute Gasteiger partial charge is 0.246 e. The zero-order valence-corrected chi connectivity index (χ0v) is 18.5. The number of rotatable bonds is 9. The first kappa shape index (κ1) is 22.0. The van der Waals surface area contributed by atoms with E-state index < -0.39 is 15.6 Å². The molecule has 0 amide bonds. The highest BCUT2D eigenvalue weighted by molar-refractivity contribution is 9.10. The molecule has 1 aromatic heterocycles. The van der Waals surface area contributed by atoms with Crippen LogP contribution in [0.2, 0.25) is 0 Å². The van der Waals surface area contributed by atoms with Crippen molar-refractivity contribution in [1.29, 1.82) is 0 Å². The molecule has 3 rings (SSSR count). The summed E-state index contributed by atoms with van der Waals surface area (Å²) in [6.07, 6.45) is 3.35. The van der Waals surface area contributed by atoms with Crippen molar-refractivity contribution in [2.24, 2.45) is 0 Å². The van der Waals surface area contributed by atoms with Crippen molar-refractivity contribution in [3.8, 4) is 0 Å². The highest BCUT2D eigenvalue weighted by Crippen LogP contribution is 2.31. The number of benzene rings is 1. The summed E-state index contributed by atoms with van der Waals surface area (Å²) in [5, 5.41) is 15.9. The van der Waals surface area contributed by atoms with Gasteiger partial charge in [-0.15, -0.1) is 5.10 Å². The maximum absolute atomic E-state index is 12.9. The number of piperidine rings is 1. The number of aromatic amines is 1. The molecular formula is C18H27BrN6O3S. The van der Waals surface area contributed by atoms with Crippen LogP contribution in [-0.4, -0.2) is 53.9 Å². The highest BCUT2D eigenvalue weighted by Gasteiger charge is 2.38. The molecule has 0 atom stereocenters. The van der Waals surface area contributed by atoms with Crippen LogP contribution in [0.5, 0.6) is 0 Å². The van der Waals surface area contributed by atoms with E-state index in [4.69, 9.17) is 10.8 Å². The lowest BCUT2D eigenvalue weighted by Gasteiger charge is -2.42. The minimum Gasteiger partial charge on any atom is -0.396 e. The van der Waals surface area contributed by atoms with E-state index in [1.54, 1.807) is 12.1 Å². The standard InChI is InChI=1S/C18H27BrN6O3S/c19-15-5-3-14(4-6-15)13-29(27,28)24-18(7-1-2-12-26)8-10-25(11-9-18)17-21-16(20)22-23-17/h3-6,24,26H,1-2,7-13H2,(H3,20,21,22,23). The van der Waals surface area contributed by atoms with Crippen LogP contribution in [0.3, 0.4) is 0 Å². The van der Waals surface area contributed by atoms with E-state index in [2.05, 4.69) is 35.8 Å². The summed E-state index contributed by atoms with van der Waals surface area (Å²) in [5.74, 6) is 0.725. The van der Waals surface area contributed by atoms with Crippen molar-refractivity contribution >= 4 is 37.8 Å². The number of anilines is 2. The van der Waals surface area contributed by atoms with Crippen LogP contribution in [-0.2, 0) is 15.8 Å². The summed E-state index contributed by atoms with van der Waals surface area (Å²) in [7, 11) is -3.52. The van der Waals surface area contributed by atoms with Gasteiger partial charge in [-0.05, 0) is 49.8 Å². The van der Waals surface area contributed by atoms with Gasteiger partial charge in [-0.3, -0.25) is 0 Å². The van der Waals surface area contributed by atoms with Gasteiger partial charge >= 0.3 is 0 Å². The molecule has 0 bridgehead atoms. The molecule has 0 saturated carbocycles. The summed E-state index contributed by atoms with van der Waals surface area (Å²) >= 11 is 3.36. The normalized spacial score (nSPS) is 16.8. The first-order valence-corrected chi connectivity index (χ1v) is 12.1. The second-order valence-corrected chi connectivity index (χ2v) is 10.1. The van der Waals surface area contributed by atoms with Crippen molar-refractivity contribution in [3.05, 3.63) is 34.3 Å². The molecule has 9 nitrogen and oxygen atoms in total. The number of hydrogen-bond donors (Lipinski definition) is 4. The molecule has 0 radical (unpaired) electrons. The first-order chi connectivity index (χ1) is 13.8. The molecule has 0 aliphatic carbocycles. The third kappa shape index (κ3) is 6.14. The van der Waals surface area contributed by atoms with Crippen LogP contribution in [0.1, 0.15) is 37.7 Å². The Kier molecular flexibility index (Phi) is 7.14. The Labute approximate surface area is 179 Å². The molecule has 29 heavy (non-hydrogen) atoms. The molecule has 1 saturated heterocycles. The molecule has 1 aromatic carbocycles. The van der Waals surface area contributed by atoms with Crippen molar-refractivity contribution in [2.75, 3.05) is 30.3 Å². The molecule has 2 aromatic rings. The van der Waals surface area contributed by atoms with Crippen LogP contribution in [0.25, 0.3) is 0 Å². The third-order valence-corrected chi connectivity index (χ3v) is 7.19. The fourth-order valence-electron chi connectivity index (χ4n) is 3.69. The zero-order valence-electron chi connectivity index (χ0n) is 16.1. The number of aliphatic hydroxyl groups excluding tert-OH is 1. The number of nitrogens with two attached hydrogens (primary N) is 1. The van der Waals surface area contributed by atoms with Gasteiger partial charge in [0.1, 0.15) is 0 Å². The van der Waals surface area contributed by atoms with Crippen LogP contribution >= 0.6 is 15.9 Å². The first-order valence-electron chi connectivity index (χ1n) is 9.61. The zero-order chi connectivity index (χ0) is 20.9. The van der Waals surface area contributed by atoms with Gasteiger partial charge in [0.2, 0.25) is 21.9 Å². The number of nitrogens with one attached hydrogen (secondary N) is 2. The van der Waals surface area contributed by atoms with Gasteiger partial charge in [0.25, 0.3) is 0 Å². The Hall–Kier alpha value is -1.69. The number of aromatic nitrogens is 3. The maximum atomic E-state index is 12.9. The van der Waals surface area contributed by atoms with Crippen molar-refractivity contribution in [3.63, 3.8) is 0 Å². The largest absolute Gasteiger partial charge is 0.396 e. The number of aliphatic hydroxyl groups is 1. The molecule has 11 heteroatoms. The Balaban J connectivity index is 1.70. The van der Waals surface area contributed by atoms with Crippen LogP contribution in [0, 0.1) is 0 Å². The van der Waals surface area contributed by atoms with E-state index >= 15 is 0 Å². The van der Waals surface area contributed by atoms with Crippen LogP contribution < -0.4 is 15.4 Å². The predicted molar refractivity (Wildman–Crippen MR) is 116 cm³/mol. The Morgan fingerprint density at radius 2 is 1.93 bits per heavy atom. The number of nitrogens with zero attached hydrogens (tertiary/aromatic N) is 3. The molecular weight excluding hydrogens is 460 g/mol. The summed E-state index contributed by atoms with van der Waals surface area (Å²) in [6, 6.07) is 7.28. The average molecular weight is 487 g/mol. The number of nitrogen functional groups attached to an aromatic ring is 1. The van der Waals surface area contributed by atoms with Crippen molar-refractivity contribution < 1.29 is 13.5 Å². The lowest BCUT2D eigenvalue weighted by atomic mass is 9.84. The SMILES string of the molecule is Nc1nc(N2CCC(CCCCO)(NS(=O)(=O)Cc3ccc(Br)cc3)CC2)n[nH]1. The highest BCUT2D eigenvalue weighted by atomic mass is 79.9. The van der Waals surface area contributed by atoms with Gasteiger partial charge in [-0.25, -0.2) is 18.2 Å². The number of sulfonamides is 1. The van der Waals surface area contributed by atoms with Gasteiger partial charge in [-0.1, -0.05) is 28.1 Å². The van der Waals surface area contributed by atoms with E-state index in [1.165, 1.54) is 0 Å². The van der Waals surface area contributed by atoms with Crippen molar-refractivity contribution in [1.82, 2.24) is 19.9 Å². The summed E-state index contributed by atoms with van der Waals surface area (Å²) < 4.78 is 29.7. The van der Waals surface area contributed by atoms with Crippen LogP contribution in [0.15, 0.2) is 28.7 Å². The number of hydrogen-bond acceptors (Lipinski definition) is 7. The number of unbranched alkanes of at least 4 members (excludes halogenated alkanes) is 1. The average Bonchev–Trinajstić information content (AvgIpc) is 3.10. The topological polar surface area (TPSA) is 137 Å². The van der Waals surface area contributed by atoms with E-state index in [9.17, 15) is 8.42 Å². The van der Waals surface area contributed by atoms with Crippen LogP contribution in [0.4, 0.5) is 11.9 Å². The maximum Gasteiger partial charge on any atom is 0.246 e. The Morgan fingerprint density at radius 3 is 2.52 bits per heavy atom. The number of halogens is 1. The second kappa shape index (κ2) is 9.41. The summed E-state index contributed by atoms with van der Waals surface area (Å²) in [5.41, 5.74) is 5.81. The molecule has 0 spiro atoms. The number of H-pyrrole nitrogens is 1. The molecule has 1 aliphatic rings. The van der Waals surface area contributed by atoms with Gasteiger partial charge < -0.3 is 15.7 Å². The molecule has 160 valence electrons. The lowest BCUT2D eigenvalue weighted by molar-refractivity contribution is 0.245. The van der Waals surface area contributed by atoms with E-state index in [0.29, 0.717) is 44.7 Å². The second-order valence-electron chi connectivity index (χ2n) is 7.46. The summed E-state index contributed by atoms with van der Waals surface area (Å²) in [6.45, 7) is 1.35. The third-order valence-electron chi connectivity index (χ3n) is 5.20. The Morgan fingerprint density at radius 1 is 1.24 bits per heavy atom. The fourth-order valence-corrected chi connectivity index (χ4v) is 5.62. The fraction of sp³-hybridized carbons (Fsp3) is 0.556. The quantitative estimate of drug-likeness (QED) is 0.396. The van der Waals surface area contributed by atoms with Gasteiger partial charge in [0.15, 0.2) is 0 Å². The molecule has 5 N–H and O–H groups in total. The predicted octanol–water partition coefficient (Wildman–Crippen LogP) is 1.77. The van der Waals surface area contributed by atoms with Crippen molar-refractivity contribution in [2.45, 2.75) is 43.4 Å². The minimum absolute atomic E-state index is 0.0663. The Bertz CT molecular complexity index is 895. The molecule has 0 unspecified atom stereocenters. The van der Waals surface area contributed by atoms with E-state index in [1.807, 2.05) is 17.0 Å².